The average molecular weight is 612 g/mol. The Balaban J connectivity index is 2.43. The molecule has 2 amide bonds. The van der Waals surface area contributed by atoms with Gasteiger partial charge in [0.05, 0.1) is 11.9 Å². The Labute approximate surface area is 212 Å². The first-order valence-corrected chi connectivity index (χ1v) is 13.4. The molecule has 0 aliphatic heterocycles. The van der Waals surface area contributed by atoms with Gasteiger partial charge >= 0.3 is 0 Å². The van der Waals surface area contributed by atoms with Gasteiger partial charge in [-0.2, -0.15) is 0 Å². The van der Waals surface area contributed by atoms with E-state index in [1.807, 2.05) is 0 Å². The van der Waals surface area contributed by atoms with Crippen LogP contribution in [0.5, 0.6) is 0 Å². The van der Waals surface area contributed by atoms with Crippen molar-refractivity contribution in [3.8, 4) is 0 Å². The minimum absolute atomic E-state index is 0.0556. The van der Waals surface area contributed by atoms with E-state index >= 15 is 0 Å². The summed E-state index contributed by atoms with van der Waals surface area (Å²) in [4.78, 5) is 27.2. The van der Waals surface area contributed by atoms with E-state index in [4.69, 9.17) is 23.2 Å². The number of benzene rings is 2. The Morgan fingerprint density at radius 3 is 2.16 bits per heavy atom. The molecule has 0 aromatic heterocycles. The third kappa shape index (κ3) is 6.97. The summed E-state index contributed by atoms with van der Waals surface area (Å²) >= 11 is 14.7. The molecule has 2 aromatic rings. The van der Waals surface area contributed by atoms with Crippen LogP contribution in [0.25, 0.3) is 0 Å². The fourth-order valence-corrected chi connectivity index (χ4v) is 4.71. The number of amides is 2. The van der Waals surface area contributed by atoms with Gasteiger partial charge in [-0.25, -0.2) is 8.42 Å². The molecule has 0 saturated heterocycles. The maximum Gasteiger partial charge on any atom is 0.244 e. The van der Waals surface area contributed by atoms with Crippen LogP contribution < -0.4 is 9.62 Å². The van der Waals surface area contributed by atoms with Gasteiger partial charge in [0.15, 0.2) is 0 Å². The quantitative estimate of drug-likeness (QED) is 0.436. The molecule has 0 spiro atoms. The number of anilines is 1. The van der Waals surface area contributed by atoms with Crippen molar-refractivity contribution in [3.05, 3.63) is 61.6 Å². The third-order valence-corrected chi connectivity index (χ3v) is 7.27. The zero-order chi connectivity index (χ0) is 24.1. The van der Waals surface area contributed by atoms with Crippen LogP contribution in [0, 0.1) is 3.57 Å². The van der Waals surface area contributed by atoms with Crippen LogP contribution in [0.1, 0.15) is 19.4 Å². The van der Waals surface area contributed by atoms with Crippen LogP contribution in [0.2, 0.25) is 10.0 Å². The van der Waals surface area contributed by atoms with Crippen LogP contribution in [-0.4, -0.2) is 50.5 Å². The van der Waals surface area contributed by atoms with Crippen molar-refractivity contribution in [1.82, 2.24) is 10.2 Å². The highest BCUT2D eigenvalue weighted by molar-refractivity contribution is 14.1. The lowest BCUT2D eigenvalue weighted by Crippen LogP contribution is -2.51. The number of hydrogen-bond acceptors (Lipinski definition) is 4. The van der Waals surface area contributed by atoms with Crippen molar-refractivity contribution >= 4 is 73.3 Å². The van der Waals surface area contributed by atoms with E-state index in [-0.39, 0.29) is 12.5 Å². The van der Waals surface area contributed by atoms with Gasteiger partial charge in [0.1, 0.15) is 12.6 Å². The summed E-state index contributed by atoms with van der Waals surface area (Å²) in [6.45, 7) is 3.19. The number of carbonyl (C=O) groups is 2. The monoisotopic (exact) mass is 611 g/mol. The van der Waals surface area contributed by atoms with Crippen molar-refractivity contribution in [1.29, 1.82) is 0 Å². The Kier molecular flexibility index (Phi) is 9.62. The van der Waals surface area contributed by atoms with E-state index in [0.29, 0.717) is 27.8 Å². The van der Waals surface area contributed by atoms with E-state index in [1.54, 1.807) is 56.3 Å². The minimum Gasteiger partial charge on any atom is -0.355 e. The van der Waals surface area contributed by atoms with Crippen molar-refractivity contribution in [2.45, 2.75) is 26.4 Å². The molecule has 2 rings (SSSR count). The number of nitrogens with one attached hydrogen (secondary N) is 1. The number of rotatable bonds is 9. The molecule has 0 aliphatic rings. The first kappa shape index (κ1) is 26.7. The highest BCUT2D eigenvalue weighted by Gasteiger charge is 2.30. The third-order valence-electron chi connectivity index (χ3n) is 4.70. The number of sulfonamides is 1. The second-order valence-electron chi connectivity index (χ2n) is 7.04. The van der Waals surface area contributed by atoms with Gasteiger partial charge in [0, 0.05) is 32.3 Å². The van der Waals surface area contributed by atoms with Crippen LogP contribution in [0.4, 0.5) is 5.69 Å². The molecule has 0 bridgehead atoms. The first-order chi connectivity index (χ1) is 15.0. The lowest BCUT2D eigenvalue weighted by atomic mass is 10.1. The normalized spacial score (nSPS) is 12.2. The minimum atomic E-state index is -3.77. The number of likely N-dealkylation sites (N-methyl/N-ethyl adjacent to an activating group) is 1. The lowest BCUT2D eigenvalue weighted by Gasteiger charge is -2.31. The van der Waals surface area contributed by atoms with Gasteiger partial charge < -0.3 is 10.2 Å². The number of hydrogen-bond donors (Lipinski definition) is 1. The number of halogens is 3. The highest BCUT2D eigenvalue weighted by atomic mass is 127. The van der Waals surface area contributed by atoms with Gasteiger partial charge in [-0.05, 0) is 72.8 Å². The van der Waals surface area contributed by atoms with Crippen molar-refractivity contribution in [3.63, 3.8) is 0 Å². The number of nitrogens with zero attached hydrogens (tertiary/aromatic N) is 2. The summed E-state index contributed by atoms with van der Waals surface area (Å²) in [6, 6.07) is 10.8. The second-order valence-corrected chi connectivity index (χ2v) is 11.0. The van der Waals surface area contributed by atoms with Crippen molar-refractivity contribution in [2.75, 3.05) is 23.7 Å². The predicted molar refractivity (Wildman–Crippen MR) is 137 cm³/mol. The van der Waals surface area contributed by atoms with E-state index in [9.17, 15) is 18.0 Å². The molecule has 0 fully saturated rings. The molecule has 11 heteroatoms. The molecule has 174 valence electrons. The van der Waals surface area contributed by atoms with Crippen LogP contribution in [0.3, 0.4) is 0 Å². The lowest BCUT2D eigenvalue weighted by molar-refractivity contribution is -0.139. The summed E-state index contributed by atoms with van der Waals surface area (Å²) < 4.78 is 26.9. The predicted octanol–water partition coefficient (Wildman–Crippen LogP) is 3.92. The van der Waals surface area contributed by atoms with Crippen LogP contribution in [-0.2, 0) is 26.2 Å². The molecule has 0 radical (unpaired) electrons. The van der Waals surface area contributed by atoms with E-state index in [1.165, 1.54) is 4.90 Å². The molecule has 0 saturated carbocycles. The maximum absolute atomic E-state index is 13.4. The number of carbonyl (C=O) groups excluding carboxylic acids is 2. The topological polar surface area (TPSA) is 86.8 Å². The standard InChI is InChI=1S/C21H24Cl2IN3O4S/c1-4-25-21(29)14(2)26(12-17-18(22)6-5-7-19(17)23)20(28)13-27(32(3,30)31)16-10-8-15(24)9-11-16/h5-11,14H,4,12-13H2,1-3H3,(H,25,29)/t14-/m1/s1. The SMILES string of the molecule is CCNC(=O)[C@@H](C)N(Cc1c(Cl)cccc1Cl)C(=O)CN(c1ccc(I)cc1)S(C)(=O)=O. The zero-order valence-corrected chi connectivity index (χ0v) is 22.3. The Morgan fingerprint density at radius 2 is 1.66 bits per heavy atom. The van der Waals surface area contributed by atoms with Gasteiger partial charge in [-0.1, -0.05) is 29.3 Å². The summed E-state index contributed by atoms with van der Waals surface area (Å²) in [7, 11) is -3.77. The molecular weight excluding hydrogens is 588 g/mol. The van der Waals surface area contributed by atoms with Crippen molar-refractivity contribution < 1.29 is 18.0 Å². The first-order valence-electron chi connectivity index (χ1n) is 9.69. The summed E-state index contributed by atoms with van der Waals surface area (Å²) in [5.74, 6) is -0.937. The average Bonchev–Trinajstić information content (AvgIpc) is 2.71. The fourth-order valence-electron chi connectivity index (χ4n) is 2.98. The molecule has 7 nitrogen and oxygen atoms in total. The van der Waals surface area contributed by atoms with E-state index in [0.717, 1.165) is 14.1 Å². The van der Waals surface area contributed by atoms with Crippen molar-refractivity contribution in [2.24, 2.45) is 0 Å². The van der Waals surface area contributed by atoms with Gasteiger partial charge in [-0.3, -0.25) is 13.9 Å². The molecule has 2 aromatic carbocycles. The summed E-state index contributed by atoms with van der Waals surface area (Å²) in [6.07, 6.45) is 1.03. The molecule has 1 atom stereocenters. The highest BCUT2D eigenvalue weighted by Crippen LogP contribution is 2.27. The molecular formula is C21H24Cl2IN3O4S. The summed E-state index contributed by atoms with van der Waals surface area (Å²) in [5, 5.41) is 3.37. The fraction of sp³-hybridized carbons (Fsp3) is 0.333. The van der Waals surface area contributed by atoms with Gasteiger partial charge in [0.25, 0.3) is 0 Å². The second kappa shape index (κ2) is 11.5. The Morgan fingerprint density at radius 1 is 1.09 bits per heavy atom. The zero-order valence-electron chi connectivity index (χ0n) is 17.8. The molecule has 0 unspecified atom stereocenters. The van der Waals surface area contributed by atoms with E-state index < -0.39 is 28.5 Å². The maximum atomic E-state index is 13.4. The Hall–Kier alpha value is -1.56. The molecule has 0 heterocycles. The van der Waals surface area contributed by atoms with Crippen LogP contribution >= 0.6 is 45.8 Å². The molecule has 1 N–H and O–H groups in total. The van der Waals surface area contributed by atoms with Gasteiger partial charge in [0.2, 0.25) is 21.8 Å². The van der Waals surface area contributed by atoms with Crippen LogP contribution in [0.15, 0.2) is 42.5 Å². The summed E-state index contributed by atoms with van der Waals surface area (Å²) in [5.41, 5.74) is 0.822. The van der Waals surface area contributed by atoms with E-state index in [2.05, 4.69) is 27.9 Å². The largest absolute Gasteiger partial charge is 0.355 e. The molecule has 0 aliphatic carbocycles. The molecule has 32 heavy (non-hydrogen) atoms. The Bertz CT molecular complexity index is 1060. The van der Waals surface area contributed by atoms with Gasteiger partial charge in [-0.15, -0.1) is 0 Å². The smallest absolute Gasteiger partial charge is 0.244 e.